The predicted octanol–water partition coefficient (Wildman–Crippen LogP) is 1.38. The molecule has 0 spiro atoms. The highest BCUT2D eigenvalue weighted by Crippen LogP contribution is 2.33. The highest BCUT2D eigenvalue weighted by molar-refractivity contribution is 7.89. The van der Waals surface area contributed by atoms with E-state index in [-0.39, 0.29) is 10.9 Å². The van der Waals surface area contributed by atoms with Gasteiger partial charge in [-0.05, 0) is 37.5 Å². The molecule has 2 rings (SSSR count). The van der Waals surface area contributed by atoms with Gasteiger partial charge in [0.05, 0.1) is 12.3 Å². The summed E-state index contributed by atoms with van der Waals surface area (Å²) in [7, 11) is -1.96. The molecule has 0 aliphatic heterocycles. The van der Waals surface area contributed by atoms with Crippen molar-refractivity contribution >= 4 is 15.7 Å². The van der Waals surface area contributed by atoms with Crippen molar-refractivity contribution in [2.75, 3.05) is 26.0 Å². The number of nitrogens with zero attached hydrogens (tertiary/aromatic N) is 1. The third kappa shape index (κ3) is 3.08. The molecule has 1 aromatic carbocycles. The van der Waals surface area contributed by atoms with Crippen LogP contribution in [0.2, 0.25) is 0 Å². The van der Waals surface area contributed by atoms with Crippen molar-refractivity contribution in [3.63, 3.8) is 0 Å². The summed E-state index contributed by atoms with van der Waals surface area (Å²) in [6.07, 6.45) is 1.82. The molecule has 0 bridgehead atoms. The second-order valence-electron chi connectivity index (χ2n) is 4.88. The zero-order chi connectivity index (χ0) is 14.0. The molecule has 5 nitrogen and oxygen atoms in total. The number of nitrogens with two attached hydrogens (primary N) is 1. The average molecular weight is 284 g/mol. The summed E-state index contributed by atoms with van der Waals surface area (Å²) < 4.78 is 31.8. The zero-order valence-electron chi connectivity index (χ0n) is 11.3. The summed E-state index contributed by atoms with van der Waals surface area (Å²) in [5, 5.41) is 0. The van der Waals surface area contributed by atoms with Crippen molar-refractivity contribution in [1.82, 2.24) is 4.31 Å². The van der Waals surface area contributed by atoms with Crippen LogP contribution in [0.15, 0.2) is 23.1 Å². The zero-order valence-corrected chi connectivity index (χ0v) is 12.1. The fraction of sp³-hybridized carbons (Fsp3) is 0.538. The van der Waals surface area contributed by atoms with Crippen LogP contribution >= 0.6 is 0 Å². The molecule has 0 unspecified atom stereocenters. The second-order valence-corrected chi connectivity index (χ2v) is 6.74. The molecule has 6 heteroatoms. The summed E-state index contributed by atoms with van der Waals surface area (Å²) in [6.45, 7) is 2.65. The van der Waals surface area contributed by atoms with Crippen LogP contribution in [0.3, 0.4) is 0 Å². The lowest BCUT2D eigenvalue weighted by Crippen LogP contribution is -2.36. The van der Waals surface area contributed by atoms with E-state index < -0.39 is 10.0 Å². The Balaban J connectivity index is 2.33. The third-order valence-corrected chi connectivity index (χ3v) is 5.25. The number of sulfonamides is 1. The van der Waals surface area contributed by atoms with Crippen molar-refractivity contribution in [2.45, 2.75) is 30.7 Å². The standard InChI is InChI=1S/C13H20N2O3S/c1-10-3-6-13(12(14)9-10)19(16,17)15(7-8-18-2)11-4-5-11/h3,6,9,11H,4-5,7-8,14H2,1-2H3. The van der Waals surface area contributed by atoms with E-state index in [1.54, 1.807) is 25.3 Å². The van der Waals surface area contributed by atoms with E-state index in [4.69, 9.17) is 10.5 Å². The molecule has 0 aromatic heterocycles. The topological polar surface area (TPSA) is 72.6 Å². The van der Waals surface area contributed by atoms with Gasteiger partial charge < -0.3 is 10.5 Å². The monoisotopic (exact) mass is 284 g/mol. The van der Waals surface area contributed by atoms with Gasteiger partial charge in [0.15, 0.2) is 0 Å². The molecule has 1 fully saturated rings. The number of benzene rings is 1. The lowest BCUT2D eigenvalue weighted by molar-refractivity contribution is 0.177. The first-order valence-electron chi connectivity index (χ1n) is 6.33. The van der Waals surface area contributed by atoms with Crippen LogP contribution in [0.5, 0.6) is 0 Å². The first kappa shape index (κ1) is 14.3. The molecule has 1 aliphatic rings. The van der Waals surface area contributed by atoms with Crippen LogP contribution in [0.4, 0.5) is 5.69 Å². The molecule has 0 amide bonds. The molecule has 1 aliphatic carbocycles. The van der Waals surface area contributed by atoms with E-state index in [1.165, 1.54) is 4.31 Å². The summed E-state index contributed by atoms with van der Waals surface area (Å²) in [6, 6.07) is 5.14. The van der Waals surface area contributed by atoms with Crippen LogP contribution in [0.1, 0.15) is 18.4 Å². The smallest absolute Gasteiger partial charge is 0.245 e. The normalized spacial score (nSPS) is 15.9. The number of rotatable bonds is 6. The van der Waals surface area contributed by atoms with Gasteiger partial charge in [0, 0.05) is 19.7 Å². The third-order valence-electron chi connectivity index (χ3n) is 3.22. The molecule has 0 heterocycles. The molecule has 0 saturated heterocycles. The SMILES string of the molecule is COCCN(C1CC1)S(=O)(=O)c1ccc(C)cc1N. The van der Waals surface area contributed by atoms with Crippen LogP contribution in [-0.2, 0) is 14.8 Å². The average Bonchev–Trinajstić information content (AvgIpc) is 3.13. The van der Waals surface area contributed by atoms with Gasteiger partial charge in [-0.25, -0.2) is 8.42 Å². The Labute approximate surface area is 114 Å². The highest BCUT2D eigenvalue weighted by atomic mass is 32.2. The lowest BCUT2D eigenvalue weighted by Gasteiger charge is -2.22. The molecular weight excluding hydrogens is 264 g/mol. The second kappa shape index (κ2) is 5.48. The number of ether oxygens (including phenoxy) is 1. The maximum absolute atomic E-state index is 12.6. The van der Waals surface area contributed by atoms with E-state index in [1.807, 2.05) is 6.92 Å². The number of nitrogen functional groups attached to an aromatic ring is 1. The molecule has 106 valence electrons. The van der Waals surface area contributed by atoms with Crippen LogP contribution in [0, 0.1) is 6.92 Å². The Kier molecular flexibility index (Phi) is 4.13. The summed E-state index contributed by atoms with van der Waals surface area (Å²) in [4.78, 5) is 0.195. The van der Waals surface area contributed by atoms with E-state index in [9.17, 15) is 8.42 Å². The van der Waals surface area contributed by atoms with Gasteiger partial charge in [-0.3, -0.25) is 0 Å². The van der Waals surface area contributed by atoms with E-state index >= 15 is 0 Å². The Bertz CT molecular complexity index is 553. The number of hydrogen-bond acceptors (Lipinski definition) is 4. The van der Waals surface area contributed by atoms with Crippen molar-refractivity contribution in [1.29, 1.82) is 0 Å². The van der Waals surface area contributed by atoms with Gasteiger partial charge in [-0.1, -0.05) is 6.07 Å². The maximum Gasteiger partial charge on any atom is 0.245 e. The van der Waals surface area contributed by atoms with Crippen LogP contribution in [-0.4, -0.2) is 39.0 Å². The van der Waals surface area contributed by atoms with E-state index in [0.29, 0.717) is 18.8 Å². The fourth-order valence-corrected chi connectivity index (χ4v) is 3.84. The van der Waals surface area contributed by atoms with E-state index in [0.717, 1.165) is 18.4 Å². The van der Waals surface area contributed by atoms with Gasteiger partial charge in [0.2, 0.25) is 10.0 Å². The minimum atomic E-state index is -3.53. The molecule has 1 saturated carbocycles. The molecule has 0 radical (unpaired) electrons. The molecule has 1 aromatic rings. The Morgan fingerprint density at radius 2 is 2.11 bits per heavy atom. The summed E-state index contributed by atoms with van der Waals surface area (Å²) >= 11 is 0. The van der Waals surface area contributed by atoms with Crippen molar-refractivity contribution < 1.29 is 13.2 Å². The molecular formula is C13H20N2O3S. The van der Waals surface area contributed by atoms with Gasteiger partial charge in [0.25, 0.3) is 0 Å². The van der Waals surface area contributed by atoms with Gasteiger partial charge >= 0.3 is 0 Å². The van der Waals surface area contributed by atoms with E-state index in [2.05, 4.69) is 0 Å². The van der Waals surface area contributed by atoms with Crippen LogP contribution < -0.4 is 5.73 Å². The Morgan fingerprint density at radius 1 is 1.42 bits per heavy atom. The maximum atomic E-state index is 12.6. The Hall–Kier alpha value is -1.11. The highest BCUT2D eigenvalue weighted by Gasteiger charge is 2.38. The molecule has 2 N–H and O–H groups in total. The number of anilines is 1. The quantitative estimate of drug-likeness (QED) is 0.801. The minimum Gasteiger partial charge on any atom is -0.398 e. The predicted molar refractivity (Wildman–Crippen MR) is 74.4 cm³/mol. The molecule has 19 heavy (non-hydrogen) atoms. The largest absolute Gasteiger partial charge is 0.398 e. The van der Waals surface area contributed by atoms with Gasteiger partial charge in [-0.15, -0.1) is 0 Å². The summed E-state index contributed by atoms with van der Waals surface area (Å²) in [5.41, 5.74) is 7.12. The lowest BCUT2D eigenvalue weighted by atomic mass is 10.2. The molecule has 0 atom stereocenters. The summed E-state index contributed by atoms with van der Waals surface area (Å²) in [5.74, 6) is 0. The first-order chi connectivity index (χ1) is 8.96. The van der Waals surface area contributed by atoms with Crippen LogP contribution in [0.25, 0.3) is 0 Å². The number of aryl methyl sites for hydroxylation is 1. The van der Waals surface area contributed by atoms with Crippen molar-refractivity contribution in [3.8, 4) is 0 Å². The minimum absolute atomic E-state index is 0.0980. The first-order valence-corrected chi connectivity index (χ1v) is 7.77. The number of hydrogen-bond donors (Lipinski definition) is 1. The van der Waals surface area contributed by atoms with Crippen molar-refractivity contribution in [3.05, 3.63) is 23.8 Å². The Morgan fingerprint density at radius 3 is 2.63 bits per heavy atom. The van der Waals surface area contributed by atoms with Crippen molar-refractivity contribution in [2.24, 2.45) is 0 Å². The number of methoxy groups -OCH3 is 1. The van der Waals surface area contributed by atoms with Gasteiger partial charge in [0.1, 0.15) is 4.90 Å². The van der Waals surface area contributed by atoms with Gasteiger partial charge in [-0.2, -0.15) is 4.31 Å². The fourth-order valence-electron chi connectivity index (χ4n) is 2.07.